The molecule has 0 spiro atoms. The predicted molar refractivity (Wildman–Crippen MR) is 94.4 cm³/mol. The van der Waals surface area contributed by atoms with Crippen LogP contribution in [0.1, 0.15) is 20.9 Å². The number of nitro benzene ring substituents is 1. The van der Waals surface area contributed by atoms with E-state index in [1.807, 2.05) is 24.4 Å². The largest absolute Gasteiger partial charge is 0.347 e. The second kappa shape index (κ2) is 6.90. The highest BCUT2D eigenvalue weighted by molar-refractivity contribution is 7.21. The lowest BCUT2D eigenvalue weighted by molar-refractivity contribution is -0.384. The molecule has 0 bridgehead atoms. The number of aromatic nitrogens is 1. The van der Waals surface area contributed by atoms with Gasteiger partial charge in [-0.1, -0.05) is 12.1 Å². The van der Waals surface area contributed by atoms with Crippen LogP contribution in [0.15, 0.2) is 41.8 Å². The number of nitrogens with zero attached hydrogens (tertiary/aromatic N) is 2. The number of rotatable bonds is 5. The molecule has 0 unspecified atom stereocenters. The van der Waals surface area contributed by atoms with Gasteiger partial charge < -0.3 is 5.32 Å². The highest BCUT2D eigenvalue weighted by atomic mass is 32.1. The zero-order valence-electron chi connectivity index (χ0n) is 12.7. The van der Waals surface area contributed by atoms with Crippen molar-refractivity contribution in [2.45, 2.75) is 13.5 Å². The van der Waals surface area contributed by atoms with Crippen molar-refractivity contribution in [3.63, 3.8) is 0 Å². The van der Waals surface area contributed by atoms with Gasteiger partial charge in [0.2, 0.25) is 0 Å². The van der Waals surface area contributed by atoms with E-state index in [-0.39, 0.29) is 17.2 Å². The molecule has 3 aromatic rings. The van der Waals surface area contributed by atoms with Crippen molar-refractivity contribution in [2.75, 3.05) is 0 Å². The molecule has 122 valence electrons. The number of thiazole rings is 1. The number of non-ortho nitro benzene ring substituents is 1. The summed E-state index contributed by atoms with van der Waals surface area (Å²) in [4.78, 5) is 29.1. The van der Waals surface area contributed by atoms with Crippen molar-refractivity contribution in [1.29, 1.82) is 0 Å². The molecule has 0 saturated heterocycles. The van der Waals surface area contributed by atoms with Crippen LogP contribution in [-0.4, -0.2) is 15.8 Å². The molecule has 6 nitrogen and oxygen atoms in total. The Kier molecular flexibility index (Phi) is 4.68. The summed E-state index contributed by atoms with van der Waals surface area (Å²) in [5.74, 6) is -0.343. The van der Waals surface area contributed by atoms with Gasteiger partial charge in [-0.15, -0.1) is 22.7 Å². The number of carbonyl (C=O) groups excluding carboxylic acids is 1. The number of hydrogen-bond acceptors (Lipinski definition) is 6. The van der Waals surface area contributed by atoms with Crippen LogP contribution in [0, 0.1) is 17.0 Å². The minimum Gasteiger partial charge on any atom is -0.347 e. The van der Waals surface area contributed by atoms with Crippen LogP contribution in [0.5, 0.6) is 0 Å². The quantitative estimate of drug-likeness (QED) is 0.551. The molecule has 2 heterocycles. The van der Waals surface area contributed by atoms with Crippen molar-refractivity contribution < 1.29 is 9.72 Å². The molecule has 0 fully saturated rings. The zero-order valence-corrected chi connectivity index (χ0v) is 14.3. The van der Waals surface area contributed by atoms with E-state index in [4.69, 9.17) is 0 Å². The fraction of sp³-hybridized carbons (Fsp3) is 0.125. The summed E-state index contributed by atoms with van der Waals surface area (Å²) in [7, 11) is 0. The molecule has 0 atom stereocenters. The standard InChI is InChI=1S/C16H13N3O3S2/c1-10-14(24-16(18-10)13-6-3-7-23-13)9-17-15(20)11-4-2-5-12(8-11)19(21)22/h2-8H,9H2,1H3,(H,17,20). The Morgan fingerprint density at radius 1 is 1.33 bits per heavy atom. The van der Waals surface area contributed by atoms with E-state index in [1.165, 1.54) is 29.5 Å². The van der Waals surface area contributed by atoms with Crippen molar-refractivity contribution >= 4 is 34.3 Å². The first-order valence-electron chi connectivity index (χ1n) is 7.07. The molecule has 0 radical (unpaired) electrons. The van der Waals surface area contributed by atoms with Crippen LogP contribution in [0.25, 0.3) is 9.88 Å². The van der Waals surface area contributed by atoms with Crippen LogP contribution in [0.2, 0.25) is 0 Å². The Labute approximate surface area is 146 Å². The molecule has 24 heavy (non-hydrogen) atoms. The Morgan fingerprint density at radius 3 is 2.88 bits per heavy atom. The predicted octanol–water partition coefficient (Wildman–Crippen LogP) is 4.02. The van der Waals surface area contributed by atoms with E-state index in [2.05, 4.69) is 10.3 Å². The first-order valence-corrected chi connectivity index (χ1v) is 8.77. The van der Waals surface area contributed by atoms with E-state index >= 15 is 0 Å². The molecule has 0 aliphatic carbocycles. The third-order valence-corrected chi connectivity index (χ3v) is 5.55. The number of thiophene rings is 1. The van der Waals surface area contributed by atoms with Crippen LogP contribution >= 0.6 is 22.7 Å². The highest BCUT2D eigenvalue weighted by Gasteiger charge is 2.14. The fourth-order valence-corrected chi connectivity index (χ4v) is 3.92. The average molecular weight is 359 g/mol. The third-order valence-electron chi connectivity index (χ3n) is 3.35. The highest BCUT2D eigenvalue weighted by Crippen LogP contribution is 2.31. The SMILES string of the molecule is Cc1nc(-c2cccs2)sc1CNC(=O)c1cccc([N+](=O)[O-])c1. The van der Waals surface area contributed by atoms with E-state index in [0.717, 1.165) is 20.5 Å². The Balaban J connectivity index is 1.71. The molecule has 8 heteroatoms. The minimum absolute atomic E-state index is 0.100. The van der Waals surface area contributed by atoms with Gasteiger partial charge in [0, 0.05) is 22.6 Å². The first-order chi connectivity index (χ1) is 11.5. The molecule has 1 amide bonds. The summed E-state index contributed by atoms with van der Waals surface area (Å²) in [6.07, 6.45) is 0. The van der Waals surface area contributed by atoms with Gasteiger partial charge in [0.1, 0.15) is 5.01 Å². The van der Waals surface area contributed by atoms with Gasteiger partial charge in [-0.05, 0) is 24.4 Å². The van der Waals surface area contributed by atoms with Gasteiger partial charge in [0.05, 0.1) is 22.0 Å². The van der Waals surface area contributed by atoms with Gasteiger partial charge in [-0.25, -0.2) is 4.98 Å². The van der Waals surface area contributed by atoms with Crippen LogP contribution in [0.3, 0.4) is 0 Å². The van der Waals surface area contributed by atoms with Gasteiger partial charge in [0.15, 0.2) is 0 Å². The maximum atomic E-state index is 12.2. The van der Waals surface area contributed by atoms with E-state index in [9.17, 15) is 14.9 Å². The van der Waals surface area contributed by atoms with Crippen molar-refractivity contribution in [3.8, 4) is 9.88 Å². The molecule has 0 aliphatic heterocycles. The normalized spacial score (nSPS) is 10.5. The maximum Gasteiger partial charge on any atom is 0.270 e. The fourth-order valence-electron chi connectivity index (χ4n) is 2.12. The molecule has 2 aromatic heterocycles. The summed E-state index contributed by atoms with van der Waals surface area (Å²) in [6, 6.07) is 9.66. The molecule has 0 saturated carbocycles. The number of aryl methyl sites for hydroxylation is 1. The molecule has 0 aliphatic rings. The van der Waals surface area contributed by atoms with Gasteiger partial charge in [-0.3, -0.25) is 14.9 Å². The number of hydrogen-bond donors (Lipinski definition) is 1. The van der Waals surface area contributed by atoms with E-state index in [0.29, 0.717) is 6.54 Å². The Hall–Kier alpha value is -2.58. The summed E-state index contributed by atoms with van der Waals surface area (Å²) in [6.45, 7) is 2.25. The zero-order chi connectivity index (χ0) is 17.1. The monoisotopic (exact) mass is 359 g/mol. The van der Waals surface area contributed by atoms with Crippen molar-refractivity contribution in [2.24, 2.45) is 0 Å². The lowest BCUT2D eigenvalue weighted by Crippen LogP contribution is -2.22. The molecule has 1 N–H and O–H groups in total. The van der Waals surface area contributed by atoms with Crippen LogP contribution < -0.4 is 5.32 Å². The summed E-state index contributed by atoms with van der Waals surface area (Å²) in [5.41, 5.74) is 1.05. The van der Waals surface area contributed by atoms with Crippen LogP contribution in [0.4, 0.5) is 5.69 Å². The Morgan fingerprint density at radius 2 is 2.17 bits per heavy atom. The second-order valence-corrected chi connectivity index (χ2v) is 7.03. The third kappa shape index (κ3) is 3.50. The topological polar surface area (TPSA) is 85.1 Å². The number of carbonyl (C=O) groups is 1. The number of benzene rings is 1. The van der Waals surface area contributed by atoms with E-state index < -0.39 is 4.92 Å². The minimum atomic E-state index is -0.516. The van der Waals surface area contributed by atoms with Gasteiger partial charge in [0.25, 0.3) is 11.6 Å². The van der Waals surface area contributed by atoms with Crippen LogP contribution in [-0.2, 0) is 6.54 Å². The van der Waals surface area contributed by atoms with Gasteiger partial charge in [-0.2, -0.15) is 0 Å². The lowest BCUT2D eigenvalue weighted by atomic mass is 10.2. The van der Waals surface area contributed by atoms with Gasteiger partial charge >= 0.3 is 0 Å². The number of nitrogens with one attached hydrogen (secondary N) is 1. The number of amides is 1. The summed E-state index contributed by atoms with van der Waals surface area (Å²) in [5, 5.41) is 16.5. The van der Waals surface area contributed by atoms with Crippen molar-refractivity contribution in [3.05, 3.63) is 68.0 Å². The first kappa shape index (κ1) is 16.3. The molecular formula is C16H13N3O3S2. The molecular weight excluding hydrogens is 346 g/mol. The summed E-state index contributed by atoms with van der Waals surface area (Å²) < 4.78 is 0. The van der Waals surface area contributed by atoms with E-state index in [1.54, 1.807) is 17.4 Å². The lowest BCUT2D eigenvalue weighted by Gasteiger charge is -2.04. The summed E-state index contributed by atoms with van der Waals surface area (Å²) >= 11 is 3.16. The Bertz CT molecular complexity index is 888. The smallest absolute Gasteiger partial charge is 0.270 e. The van der Waals surface area contributed by atoms with Crippen molar-refractivity contribution in [1.82, 2.24) is 10.3 Å². The molecule has 1 aromatic carbocycles. The second-order valence-electron chi connectivity index (χ2n) is 5.00. The maximum absolute atomic E-state index is 12.2. The molecule has 3 rings (SSSR count). The average Bonchev–Trinajstić information content (AvgIpc) is 3.22. The number of nitro groups is 1.